The number of ketones is 1. The average Bonchev–Trinajstić information content (AvgIpc) is 3.23. The van der Waals surface area contributed by atoms with Crippen molar-refractivity contribution >= 4 is 15.8 Å². The molecule has 2 heterocycles. The van der Waals surface area contributed by atoms with Crippen LogP contribution in [0.1, 0.15) is 66.1 Å². The highest BCUT2D eigenvalue weighted by atomic mass is 32.2. The molecule has 2 aliphatic heterocycles. The van der Waals surface area contributed by atoms with Crippen molar-refractivity contribution in [3.05, 3.63) is 65.2 Å². The lowest BCUT2D eigenvalue weighted by Crippen LogP contribution is -2.36. The standard InChI is InChI=1S/C27H37N3O3S/c1-22-11-13-23(14-12-22)26(29-15-6-7-16-29)20-28-21-27(31)24-9-8-10-25(19-24)34(32,33)30-17-4-2-3-5-18-30/h8-14,19,26,28H,2-7,15-18,20-21H2,1H3. The van der Waals surface area contributed by atoms with Crippen LogP contribution in [0, 0.1) is 6.92 Å². The van der Waals surface area contributed by atoms with Crippen molar-refractivity contribution in [2.45, 2.75) is 56.4 Å². The molecule has 0 aliphatic carbocycles. The Bertz CT molecular complexity index is 1050. The van der Waals surface area contributed by atoms with Crippen molar-refractivity contribution in [1.29, 1.82) is 0 Å². The number of benzene rings is 2. The molecule has 184 valence electrons. The van der Waals surface area contributed by atoms with Crippen LogP contribution in [0.25, 0.3) is 0 Å². The molecule has 2 saturated heterocycles. The lowest BCUT2D eigenvalue weighted by Gasteiger charge is -2.28. The molecule has 2 aromatic rings. The number of Topliss-reactive ketones (excluding diaryl/α,β-unsaturated/α-hetero) is 1. The highest BCUT2D eigenvalue weighted by Gasteiger charge is 2.26. The Morgan fingerprint density at radius 1 is 0.912 bits per heavy atom. The lowest BCUT2D eigenvalue weighted by molar-refractivity contribution is 0.0987. The van der Waals surface area contributed by atoms with Crippen LogP contribution in [0.5, 0.6) is 0 Å². The second-order valence-electron chi connectivity index (χ2n) is 9.57. The summed E-state index contributed by atoms with van der Waals surface area (Å²) in [6.45, 7) is 6.21. The van der Waals surface area contributed by atoms with Gasteiger partial charge >= 0.3 is 0 Å². The number of carbonyl (C=O) groups excluding carboxylic acids is 1. The van der Waals surface area contributed by atoms with Gasteiger partial charge in [-0.1, -0.05) is 54.8 Å². The van der Waals surface area contributed by atoms with Gasteiger partial charge in [0.2, 0.25) is 10.0 Å². The van der Waals surface area contributed by atoms with E-state index in [4.69, 9.17) is 0 Å². The van der Waals surface area contributed by atoms with E-state index in [1.54, 1.807) is 28.6 Å². The Morgan fingerprint density at radius 3 is 2.24 bits per heavy atom. The SMILES string of the molecule is Cc1ccc(C(CNCC(=O)c2cccc(S(=O)(=O)N3CCCCCC3)c2)N2CCCC2)cc1. The number of sulfonamides is 1. The summed E-state index contributed by atoms with van der Waals surface area (Å²) < 4.78 is 27.9. The molecule has 0 saturated carbocycles. The maximum absolute atomic E-state index is 13.1. The molecule has 0 aromatic heterocycles. The van der Waals surface area contributed by atoms with Crippen molar-refractivity contribution < 1.29 is 13.2 Å². The van der Waals surface area contributed by atoms with Crippen LogP contribution in [0.3, 0.4) is 0 Å². The fourth-order valence-corrected chi connectivity index (χ4v) is 6.55. The monoisotopic (exact) mass is 483 g/mol. The number of nitrogens with zero attached hydrogens (tertiary/aromatic N) is 2. The van der Waals surface area contributed by atoms with Gasteiger partial charge in [-0.05, 0) is 63.4 Å². The van der Waals surface area contributed by atoms with Crippen LogP contribution >= 0.6 is 0 Å². The molecule has 0 spiro atoms. The molecule has 0 bridgehead atoms. The Hall–Kier alpha value is -2.06. The van der Waals surface area contributed by atoms with E-state index in [9.17, 15) is 13.2 Å². The van der Waals surface area contributed by atoms with Gasteiger partial charge in [-0.3, -0.25) is 9.69 Å². The summed E-state index contributed by atoms with van der Waals surface area (Å²) in [6.07, 6.45) is 6.33. The quantitative estimate of drug-likeness (QED) is 0.542. The van der Waals surface area contributed by atoms with E-state index in [0.29, 0.717) is 25.2 Å². The van der Waals surface area contributed by atoms with Gasteiger partial charge in [0.25, 0.3) is 0 Å². The number of hydrogen-bond donors (Lipinski definition) is 1. The fourth-order valence-electron chi connectivity index (χ4n) is 4.99. The predicted octanol–water partition coefficient (Wildman–Crippen LogP) is 4.17. The Balaban J connectivity index is 1.40. The molecule has 4 rings (SSSR count). The van der Waals surface area contributed by atoms with Gasteiger partial charge in [0.05, 0.1) is 11.4 Å². The maximum Gasteiger partial charge on any atom is 0.243 e. The molecular formula is C27H37N3O3S. The molecule has 2 aromatic carbocycles. The Labute approximate surface area is 204 Å². The van der Waals surface area contributed by atoms with Gasteiger partial charge in [0.15, 0.2) is 5.78 Å². The molecule has 34 heavy (non-hydrogen) atoms. The summed E-state index contributed by atoms with van der Waals surface area (Å²) in [6, 6.07) is 15.4. The summed E-state index contributed by atoms with van der Waals surface area (Å²) in [4.78, 5) is 15.7. The predicted molar refractivity (Wildman–Crippen MR) is 136 cm³/mol. The largest absolute Gasteiger partial charge is 0.308 e. The minimum absolute atomic E-state index is 0.0861. The molecule has 0 amide bonds. The van der Waals surface area contributed by atoms with E-state index in [-0.39, 0.29) is 23.3 Å². The highest BCUT2D eigenvalue weighted by molar-refractivity contribution is 7.89. The van der Waals surface area contributed by atoms with Crippen molar-refractivity contribution in [2.24, 2.45) is 0 Å². The van der Waals surface area contributed by atoms with Crippen molar-refractivity contribution in [2.75, 3.05) is 39.3 Å². The van der Waals surface area contributed by atoms with Gasteiger partial charge in [-0.2, -0.15) is 4.31 Å². The molecule has 1 atom stereocenters. The van der Waals surface area contributed by atoms with E-state index in [0.717, 1.165) is 38.8 Å². The first-order valence-corrected chi connectivity index (χ1v) is 14.0. The molecule has 7 heteroatoms. The molecular weight excluding hydrogens is 446 g/mol. The van der Waals surface area contributed by atoms with E-state index >= 15 is 0 Å². The van der Waals surface area contributed by atoms with Gasteiger partial charge in [-0.15, -0.1) is 0 Å². The smallest absolute Gasteiger partial charge is 0.243 e. The summed E-state index contributed by atoms with van der Waals surface area (Å²) in [5.41, 5.74) is 2.94. The third kappa shape index (κ3) is 6.13. The molecule has 1 unspecified atom stereocenters. The van der Waals surface area contributed by atoms with Crippen molar-refractivity contribution in [3.8, 4) is 0 Å². The zero-order valence-electron chi connectivity index (χ0n) is 20.2. The number of nitrogens with one attached hydrogen (secondary N) is 1. The summed E-state index contributed by atoms with van der Waals surface area (Å²) in [5.74, 6) is -0.0861. The van der Waals surface area contributed by atoms with Gasteiger partial charge in [-0.25, -0.2) is 8.42 Å². The molecule has 6 nitrogen and oxygen atoms in total. The third-order valence-electron chi connectivity index (χ3n) is 7.03. The second kappa shape index (κ2) is 11.6. The van der Waals surface area contributed by atoms with Crippen LogP contribution in [-0.2, 0) is 10.0 Å². The van der Waals surface area contributed by atoms with Crippen molar-refractivity contribution in [1.82, 2.24) is 14.5 Å². The van der Waals surface area contributed by atoms with E-state index in [1.165, 1.54) is 24.0 Å². The summed E-state index contributed by atoms with van der Waals surface area (Å²) in [5, 5.41) is 3.35. The first-order chi connectivity index (χ1) is 16.4. The minimum atomic E-state index is -3.57. The normalized spacial score (nSPS) is 19.1. The van der Waals surface area contributed by atoms with Crippen molar-refractivity contribution in [3.63, 3.8) is 0 Å². The fraction of sp³-hybridized carbons (Fsp3) is 0.519. The Kier molecular flexibility index (Phi) is 8.53. The number of carbonyl (C=O) groups is 1. The summed E-state index contributed by atoms with van der Waals surface area (Å²) in [7, 11) is -3.57. The first-order valence-electron chi connectivity index (χ1n) is 12.6. The maximum atomic E-state index is 13.1. The number of aryl methyl sites for hydroxylation is 1. The molecule has 0 radical (unpaired) electrons. The van der Waals surface area contributed by atoms with Crippen LogP contribution in [0.2, 0.25) is 0 Å². The zero-order chi connectivity index (χ0) is 24.0. The van der Waals surface area contributed by atoms with Crippen LogP contribution < -0.4 is 5.32 Å². The highest BCUT2D eigenvalue weighted by Crippen LogP contribution is 2.25. The topological polar surface area (TPSA) is 69.7 Å². The van der Waals surface area contributed by atoms with Gasteiger partial charge < -0.3 is 5.32 Å². The number of hydrogen-bond acceptors (Lipinski definition) is 5. The first kappa shape index (κ1) is 25.0. The zero-order valence-corrected chi connectivity index (χ0v) is 21.0. The van der Waals surface area contributed by atoms with Gasteiger partial charge in [0.1, 0.15) is 0 Å². The molecule has 2 aliphatic rings. The van der Waals surface area contributed by atoms with Gasteiger partial charge in [0, 0.05) is 31.2 Å². The number of likely N-dealkylation sites (tertiary alicyclic amines) is 1. The molecule has 2 fully saturated rings. The van der Waals surface area contributed by atoms with Crippen LogP contribution in [-0.4, -0.2) is 62.7 Å². The second-order valence-corrected chi connectivity index (χ2v) is 11.5. The van der Waals surface area contributed by atoms with E-state index < -0.39 is 10.0 Å². The average molecular weight is 484 g/mol. The Morgan fingerprint density at radius 2 is 1.56 bits per heavy atom. The summed E-state index contributed by atoms with van der Waals surface area (Å²) >= 11 is 0. The third-order valence-corrected chi connectivity index (χ3v) is 8.92. The molecule has 1 N–H and O–H groups in total. The van der Waals surface area contributed by atoms with Crippen LogP contribution in [0.15, 0.2) is 53.4 Å². The van der Waals surface area contributed by atoms with E-state index in [1.807, 2.05) is 0 Å². The van der Waals surface area contributed by atoms with Crippen LogP contribution in [0.4, 0.5) is 0 Å². The minimum Gasteiger partial charge on any atom is -0.308 e. The number of rotatable bonds is 9. The van der Waals surface area contributed by atoms with E-state index in [2.05, 4.69) is 41.4 Å². The lowest BCUT2D eigenvalue weighted by atomic mass is 10.0.